The fraction of sp³-hybridized carbons (Fsp3) is 0.0769. The highest BCUT2D eigenvalue weighted by molar-refractivity contribution is 6.14. The van der Waals surface area contributed by atoms with E-state index in [-0.39, 0.29) is 159 Å². The molecule has 0 N–H and O–H groups in total. The first kappa shape index (κ1) is 89.5. The summed E-state index contributed by atoms with van der Waals surface area (Å²) >= 11 is 0. The molecule has 0 aliphatic carbocycles. The molecule has 32 heteroatoms. The highest BCUT2D eigenvalue weighted by atomic mass is 19.4. The molecule has 0 spiro atoms. The molecule has 0 fully saturated rings. The minimum Gasteiger partial charge on any atom is -0.309 e. The van der Waals surface area contributed by atoms with E-state index in [0.717, 1.165) is 0 Å². The van der Waals surface area contributed by atoms with E-state index in [1.165, 1.54) is 72.8 Å². The monoisotopic (exact) mass is 1870 g/mol. The third kappa shape index (κ3) is 17.3. The van der Waals surface area contributed by atoms with E-state index in [9.17, 15) is 52.7 Å². The first-order valence-corrected chi connectivity index (χ1v) is 40.9. The third-order valence-electron chi connectivity index (χ3n) is 23.2. The van der Waals surface area contributed by atoms with Crippen LogP contribution in [0.1, 0.15) is 44.5 Å². The summed E-state index contributed by atoms with van der Waals surface area (Å²) in [7, 11) is 0. The van der Waals surface area contributed by atoms with Crippen LogP contribution < -0.4 is 0 Å². The molecular formula is C104H54F24N8. The van der Waals surface area contributed by atoms with Crippen LogP contribution in [0.25, 0.3) is 190 Å². The normalized spacial score (nSPS) is 12.7. The quantitative estimate of drug-likeness (QED) is 0.101. The van der Waals surface area contributed by atoms with Crippen molar-refractivity contribution >= 4 is 43.6 Å². The molecule has 0 unspecified atom stereocenters. The largest absolute Gasteiger partial charge is 0.417 e. The highest BCUT2D eigenvalue weighted by Crippen LogP contribution is 2.51. The van der Waals surface area contributed by atoms with Crippen LogP contribution >= 0.6 is 0 Å². The van der Waals surface area contributed by atoms with Crippen LogP contribution in [0.15, 0.2) is 328 Å². The SMILES string of the molecule is FC(F)(F)c1ccc(-c2ccc3c(c2)c2cc(-c4ccc(C(F)(F)F)cc4C(F)(F)F)ccc2n3-c2cc(-c3cccc(-c4cc(-c5nc(-c6ccccc6)nc(-c6ccccc6)n5)cc(-n5c6ccc(-c7ccc(C(F)(F)F)cc7C(F)(F)F)cc6c6cc(-c7ccc(C(F)(F)F)cc7C(F)(F)F)ccc65)c4)c3)cc(-c3nc(-c4ccccc4)nc(-c4ccccc4)n3)c2)c(C(F)(F)F)c1. The molecule has 0 saturated heterocycles. The summed E-state index contributed by atoms with van der Waals surface area (Å²) in [6.07, 6.45) is -42.9. The predicted octanol–water partition coefficient (Wildman–Crippen LogP) is 32.4. The molecule has 0 radical (unpaired) electrons. The molecule has 19 aromatic rings. The van der Waals surface area contributed by atoms with Crippen molar-refractivity contribution in [1.82, 2.24) is 39.0 Å². The Hall–Kier alpha value is -15.8. The fourth-order valence-electron chi connectivity index (χ4n) is 16.9. The number of fused-ring (bicyclic) bond motifs is 6. The molecule has 4 heterocycles. The molecule has 678 valence electrons. The zero-order chi connectivity index (χ0) is 95.8. The molecule has 0 aliphatic heterocycles. The van der Waals surface area contributed by atoms with Gasteiger partial charge in [-0.15, -0.1) is 0 Å². The minimum atomic E-state index is -5.44. The zero-order valence-corrected chi connectivity index (χ0v) is 68.8. The number of nitrogens with zero attached hydrogens (tertiary/aromatic N) is 8. The molecule has 4 aromatic heterocycles. The van der Waals surface area contributed by atoms with Gasteiger partial charge in [-0.05, 0) is 206 Å². The summed E-state index contributed by atoms with van der Waals surface area (Å²) in [5.41, 5.74) is -13.8. The van der Waals surface area contributed by atoms with E-state index in [0.29, 0.717) is 81.9 Å². The van der Waals surface area contributed by atoms with Crippen molar-refractivity contribution in [3.05, 3.63) is 372 Å². The summed E-state index contributed by atoms with van der Waals surface area (Å²) in [6.45, 7) is 0. The smallest absolute Gasteiger partial charge is 0.309 e. The highest BCUT2D eigenvalue weighted by Gasteiger charge is 2.44. The second kappa shape index (κ2) is 33.2. The number of aromatic nitrogens is 8. The Labute approximate surface area is 752 Å². The van der Waals surface area contributed by atoms with Crippen LogP contribution in [0.2, 0.25) is 0 Å². The van der Waals surface area contributed by atoms with E-state index in [2.05, 4.69) is 0 Å². The molecular weight excluding hydrogens is 1820 g/mol. The zero-order valence-electron chi connectivity index (χ0n) is 68.8. The second-order valence-electron chi connectivity index (χ2n) is 31.8. The number of benzene rings is 15. The third-order valence-corrected chi connectivity index (χ3v) is 23.2. The van der Waals surface area contributed by atoms with Crippen LogP contribution in [0.5, 0.6) is 0 Å². The first-order chi connectivity index (χ1) is 64.4. The van der Waals surface area contributed by atoms with Gasteiger partial charge >= 0.3 is 49.4 Å². The summed E-state index contributed by atoms with van der Waals surface area (Å²) in [5.74, 6) is 0.568. The van der Waals surface area contributed by atoms with Crippen molar-refractivity contribution in [3.8, 4) is 146 Å². The van der Waals surface area contributed by atoms with E-state index in [1.807, 2.05) is 0 Å². The van der Waals surface area contributed by atoms with E-state index < -0.39 is 116 Å². The maximum atomic E-state index is 15.3. The van der Waals surface area contributed by atoms with Gasteiger partial charge in [-0.25, -0.2) is 29.9 Å². The van der Waals surface area contributed by atoms with E-state index in [4.69, 9.17) is 29.9 Å². The average Bonchev–Trinajstić information content (AvgIpc) is 1.57. The summed E-state index contributed by atoms with van der Waals surface area (Å²) < 4.78 is 358. The van der Waals surface area contributed by atoms with Crippen molar-refractivity contribution in [2.24, 2.45) is 0 Å². The van der Waals surface area contributed by atoms with Gasteiger partial charge in [0.15, 0.2) is 34.9 Å². The van der Waals surface area contributed by atoms with Gasteiger partial charge in [-0.2, -0.15) is 105 Å². The van der Waals surface area contributed by atoms with Gasteiger partial charge in [0.2, 0.25) is 0 Å². The van der Waals surface area contributed by atoms with Crippen LogP contribution in [0.4, 0.5) is 105 Å². The van der Waals surface area contributed by atoms with Gasteiger partial charge in [0, 0.05) is 66.3 Å². The standard InChI is InChI=1S/C104H54F24N8/c105-97(106,107)69-28-32-75(83(51-69)101(117,118)119)61-24-36-87-79(47-61)80-48-62(76-33-29-70(98(108,109)110)52-84(76)102(120,121)122)25-37-88(80)135(87)73-43-65(41-67(45-73)95-131-91(55-14-5-1-6-15-55)129-92(132-95)56-16-7-2-8-17-56)59-22-13-23-60(40-59)66-42-68(96-133-93(57-18-9-3-10-19-57)130-94(134-96)58-20-11-4-12-21-58)46-74(44-66)136-89-38-26-63(77-34-30-71(99(111,112)113)53-85(77)103(123,124)125)49-81(89)82-50-64(27-39-90(82)136)78-35-31-72(100(114,115)116)54-86(78)104(126,127)128/h1-54H. The number of hydrogen-bond acceptors (Lipinski definition) is 6. The molecule has 15 aromatic carbocycles. The maximum absolute atomic E-state index is 15.3. The Morgan fingerprint density at radius 1 is 0.154 bits per heavy atom. The van der Waals surface area contributed by atoms with E-state index >= 15 is 52.7 Å². The molecule has 0 bridgehead atoms. The second-order valence-corrected chi connectivity index (χ2v) is 31.8. The van der Waals surface area contributed by atoms with Gasteiger partial charge in [0.1, 0.15) is 0 Å². The van der Waals surface area contributed by atoms with Crippen molar-refractivity contribution in [1.29, 1.82) is 0 Å². The van der Waals surface area contributed by atoms with Gasteiger partial charge in [0.25, 0.3) is 0 Å². The van der Waals surface area contributed by atoms with Gasteiger partial charge in [-0.1, -0.05) is 188 Å². The summed E-state index contributed by atoms with van der Waals surface area (Å²) in [6, 6.07) is 69.9. The average molecular weight is 1870 g/mol. The van der Waals surface area contributed by atoms with Crippen LogP contribution in [-0.4, -0.2) is 39.0 Å². The molecule has 136 heavy (non-hydrogen) atoms. The Balaban J connectivity index is 0.877. The molecule has 8 nitrogen and oxygen atoms in total. The van der Waals surface area contributed by atoms with Gasteiger partial charge in [0.05, 0.1) is 66.6 Å². The van der Waals surface area contributed by atoms with Crippen LogP contribution in [0.3, 0.4) is 0 Å². The fourth-order valence-corrected chi connectivity index (χ4v) is 16.9. The lowest BCUT2D eigenvalue weighted by Crippen LogP contribution is -2.12. The molecule has 0 aliphatic rings. The summed E-state index contributed by atoms with van der Waals surface area (Å²) in [4.78, 5) is 30.0. The predicted molar refractivity (Wildman–Crippen MR) is 467 cm³/mol. The lowest BCUT2D eigenvalue weighted by Gasteiger charge is -2.17. The maximum Gasteiger partial charge on any atom is 0.417 e. The molecule has 0 amide bonds. The van der Waals surface area contributed by atoms with E-state index in [1.54, 1.807) is 191 Å². The Kier molecular flexibility index (Phi) is 21.8. The first-order valence-electron chi connectivity index (χ1n) is 40.9. The number of halogens is 24. The van der Waals surface area contributed by atoms with Gasteiger partial charge in [-0.3, -0.25) is 0 Å². The lowest BCUT2D eigenvalue weighted by molar-refractivity contribution is -0.144. The Bertz CT molecular complexity index is 7110. The topological polar surface area (TPSA) is 87.2 Å². The minimum absolute atomic E-state index is 0.00794. The van der Waals surface area contributed by atoms with Crippen molar-refractivity contribution in [2.45, 2.75) is 49.4 Å². The van der Waals surface area contributed by atoms with Gasteiger partial charge < -0.3 is 9.13 Å². The number of alkyl halides is 24. The Morgan fingerprint density at radius 2 is 0.360 bits per heavy atom. The van der Waals surface area contributed by atoms with Crippen LogP contribution in [0, 0.1) is 0 Å². The Morgan fingerprint density at radius 3 is 0.581 bits per heavy atom. The molecule has 0 saturated carbocycles. The summed E-state index contributed by atoms with van der Waals surface area (Å²) in [5, 5.41) is -0.208. The van der Waals surface area contributed by atoms with Crippen molar-refractivity contribution in [3.63, 3.8) is 0 Å². The number of hydrogen-bond donors (Lipinski definition) is 0. The molecule has 0 atom stereocenters. The number of rotatable bonds is 14. The van der Waals surface area contributed by atoms with Crippen LogP contribution in [-0.2, 0) is 49.4 Å². The lowest BCUT2D eigenvalue weighted by atomic mass is 9.94. The molecule has 19 rings (SSSR count). The van der Waals surface area contributed by atoms with Crippen molar-refractivity contribution < 1.29 is 105 Å². The van der Waals surface area contributed by atoms with Crippen molar-refractivity contribution in [2.75, 3.05) is 0 Å².